The number of carbonyl (C=O) groups excluding carboxylic acids is 2. The van der Waals surface area contributed by atoms with Gasteiger partial charge in [-0.05, 0) is 43.9 Å². The second-order valence-corrected chi connectivity index (χ2v) is 8.14. The zero-order valence-electron chi connectivity index (χ0n) is 15.3. The lowest BCUT2D eigenvalue weighted by molar-refractivity contribution is -0.127. The molecule has 3 rings (SSSR count). The second-order valence-electron chi connectivity index (χ2n) is 8.14. The maximum absolute atomic E-state index is 12.7. The molecule has 1 saturated carbocycles. The van der Waals surface area contributed by atoms with Gasteiger partial charge in [0.2, 0.25) is 5.91 Å². The first-order valence-electron chi connectivity index (χ1n) is 9.90. The van der Waals surface area contributed by atoms with Crippen molar-refractivity contribution in [1.82, 2.24) is 15.1 Å². The normalized spacial score (nSPS) is 34.2. The van der Waals surface area contributed by atoms with E-state index >= 15 is 0 Å². The lowest BCUT2D eigenvalue weighted by atomic mass is 9.78. The van der Waals surface area contributed by atoms with Crippen molar-refractivity contribution in [3.63, 3.8) is 0 Å². The van der Waals surface area contributed by atoms with Gasteiger partial charge in [-0.25, -0.2) is 4.79 Å². The number of carbonyl (C=O) groups is 2. The molecule has 2 saturated heterocycles. The lowest BCUT2D eigenvalue weighted by Gasteiger charge is -2.38. The van der Waals surface area contributed by atoms with Crippen LogP contribution in [0.1, 0.15) is 58.8 Å². The Balaban J connectivity index is 1.53. The third-order valence-corrected chi connectivity index (χ3v) is 6.47. The number of rotatable bonds is 2. The minimum Gasteiger partial charge on any atom is -0.353 e. The molecule has 1 N–H and O–H groups in total. The molecule has 3 aliphatic rings. The van der Waals surface area contributed by atoms with Crippen LogP contribution in [0.25, 0.3) is 0 Å². The van der Waals surface area contributed by atoms with Crippen molar-refractivity contribution in [2.45, 2.75) is 64.8 Å². The summed E-state index contributed by atoms with van der Waals surface area (Å²) in [6, 6.07) is 0.454. The van der Waals surface area contributed by atoms with Crippen LogP contribution in [0.15, 0.2) is 0 Å². The number of piperidine rings is 1. The zero-order valence-corrected chi connectivity index (χ0v) is 15.3. The van der Waals surface area contributed by atoms with Crippen LogP contribution in [0, 0.1) is 17.8 Å². The molecule has 136 valence electrons. The van der Waals surface area contributed by atoms with Crippen LogP contribution in [0.3, 0.4) is 0 Å². The molecule has 0 aromatic rings. The molecule has 2 heterocycles. The summed E-state index contributed by atoms with van der Waals surface area (Å²) in [5.74, 6) is 1.37. The van der Waals surface area contributed by atoms with Gasteiger partial charge < -0.3 is 15.1 Å². The highest BCUT2D eigenvalue weighted by atomic mass is 16.2. The van der Waals surface area contributed by atoms with E-state index in [2.05, 4.69) is 19.2 Å². The molecule has 5 nitrogen and oxygen atoms in total. The summed E-state index contributed by atoms with van der Waals surface area (Å²) < 4.78 is 0. The summed E-state index contributed by atoms with van der Waals surface area (Å²) in [5, 5.41) is 3.31. The van der Waals surface area contributed by atoms with Crippen molar-refractivity contribution >= 4 is 11.9 Å². The van der Waals surface area contributed by atoms with Gasteiger partial charge in [0.05, 0.1) is 5.92 Å². The molecule has 0 bridgehead atoms. The molecule has 0 spiro atoms. The van der Waals surface area contributed by atoms with Gasteiger partial charge in [-0.1, -0.05) is 26.7 Å². The predicted octanol–water partition coefficient (Wildman–Crippen LogP) is 2.86. The molecule has 0 radical (unpaired) electrons. The molecule has 2 aliphatic heterocycles. The molecular formula is C19H33N3O2. The average Bonchev–Trinajstić information content (AvgIpc) is 3.13. The van der Waals surface area contributed by atoms with Crippen LogP contribution in [-0.2, 0) is 4.79 Å². The fourth-order valence-electron chi connectivity index (χ4n) is 4.56. The van der Waals surface area contributed by atoms with Crippen molar-refractivity contribution in [3.05, 3.63) is 0 Å². The summed E-state index contributed by atoms with van der Waals surface area (Å²) in [7, 11) is 0. The molecule has 5 heteroatoms. The molecule has 24 heavy (non-hydrogen) atoms. The number of nitrogens with zero attached hydrogens (tertiary/aromatic N) is 2. The Labute approximate surface area is 146 Å². The van der Waals surface area contributed by atoms with Gasteiger partial charge >= 0.3 is 6.03 Å². The van der Waals surface area contributed by atoms with Gasteiger partial charge in [-0.2, -0.15) is 0 Å². The molecular weight excluding hydrogens is 302 g/mol. The first-order valence-corrected chi connectivity index (χ1v) is 9.90. The van der Waals surface area contributed by atoms with Gasteiger partial charge in [0, 0.05) is 32.2 Å². The van der Waals surface area contributed by atoms with Crippen LogP contribution in [0.5, 0.6) is 0 Å². The van der Waals surface area contributed by atoms with Crippen molar-refractivity contribution in [1.29, 1.82) is 0 Å². The Hall–Kier alpha value is -1.26. The van der Waals surface area contributed by atoms with Gasteiger partial charge in [0.25, 0.3) is 0 Å². The third-order valence-electron chi connectivity index (χ3n) is 6.47. The van der Waals surface area contributed by atoms with E-state index in [0.29, 0.717) is 24.4 Å². The maximum Gasteiger partial charge on any atom is 0.320 e. The van der Waals surface area contributed by atoms with Gasteiger partial charge in [-0.15, -0.1) is 0 Å². The average molecular weight is 335 g/mol. The summed E-state index contributed by atoms with van der Waals surface area (Å²) in [4.78, 5) is 29.2. The topological polar surface area (TPSA) is 52.7 Å². The number of likely N-dealkylation sites (tertiary alicyclic amines) is 2. The number of nitrogens with one attached hydrogen (secondary N) is 1. The lowest BCUT2D eigenvalue weighted by Crippen LogP contribution is -2.52. The van der Waals surface area contributed by atoms with Gasteiger partial charge in [-0.3, -0.25) is 4.79 Å². The predicted molar refractivity (Wildman–Crippen MR) is 94.6 cm³/mol. The minimum absolute atomic E-state index is 0.0327. The summed E-state index contributed by atoms with van der Waals surface area (Å²) in [6.07, 6.45) is 7.65. The van der Waals surface area contributed by atoms with E-state index in [-0.39, 0.29) is 17.9 Å². The summed E-state index contributed by atoms with van der Waals surface area (Å²) >= 11 is 0. The van der Waals surface area contributed by atoms with Crippen LogP contribution >= 0.6 is 0 Å². The molecule has 3 amide bonds. The van der Waals surface area contributed by atoms with Crippen molar-refractivity contribution in [3.8, 4) is 0 Å². The zero-order chi connectivity index (χ0) is 17.1. The van der Waals surface area contributed by atoms with E-state index in [4.69, 9.17) is 0 Å². The first kappa shape index (κ1) is 17.6. The van der Waals surface area contributed by atoms with Gasteiger partial charge in [0.15, 0.2) is 0 Å². The van der Waals surface area contributed by atoms with E-state index < -0.39 is 0 Å². The standard InChI is InChI=1S/C19H33N3O2/c1-14-7-5-9-17(15(14)2)20-18(23)16-8-6-12-22(13-16)19(24)21-10-3-4-11-21/h14-17H,3-13H2,1-2H3,(H,20,23)/t14-,15-,16-,17+/m1/s1. The van der Waals surface area contributed by atoms with Crippen molar-refractivity contribution < 1.29 is 9.59 Å². The third kappa shape index (κ3) is 3.86. The van der Waals surface area contributed by atoms with Crippen LogP contribution in [0.2, 0.25) is 0 Å². The Kier molecular flexibility index (Phi) is 5.67. The van der Waals surface area contributed by atoms with Gasteiger partial charge in [0.1, 0.15) is 0 Å². The summed E-state index contributed by atoms with van der Waals surface area (Å²) in [5.41, 5.74) is 0. The number of hydrogen-bond acceptors (Lipinski definition) is 2. The van der Waals surface area contributed by atoms with Crippen LogP contribution in [-0.4, -0.2) is 54.0 Å². The van der Waals surface area contributed by atoms with E-state index in [1.54, 1.807) is 0 Å². The Morgan fingerprint density at radius 3 is 2.33 bits per heavy atom. The highest BCUT2D eigenvalue weighted by Crippen LogP contribution is 2.30. The Morgan fingerprint density at radius 1 is 0.875 bits per heavy atom. The number of hydrogen-bond donors (Lipinski definition) is 1. The van der Waals surface area contributed by atoms with E-state index in [0.717, 1.165) is 51.7 Å². The Bertz CT molecular complexity index is 462. The maximum atomic E-state index is 12.7. The van der Waals surface area contributed by atoms with Crippen LogP contribution in [0.4, 0.5) is 4.79 Å². The summed E-state index contributed by atoms with van der Waals surface area (Å²) in [6.45, 7) is 7.71. The fraction of sp³-hybridized carbons (Fsp3) is 0.895. The van der Waals surface area contributed by atoms with Crippen LogP contribution < -0.4 is 5.32 Å². The second kappa shape index (κ2) is 7.75. The smallest absolute Gasteiger partial charge is 0.320 e. The van der Waals surface area contributed by atoms with E-state index in [1.165, 1.54) is 12.8 Å². The van der Waals surface area contributed by atoms with E-state index in [1.807, 2.05) is 9.80 Å². The minimum atomic E-state index is -0.0327. The SMILES string of the molecule is C[C@@H]1[C@H](C)CCC[C@@H]1NC(=O)[C@@H]1CCCN(C(=O)N2CCCC2)C1. The molecule has 1 aliphatic carbocycles. The molecule has 4 atom stereocenters. The quantitative estimate of drug-likeness (QED) is 0.843. The number of urea groups is 1. The number of amides is 3. The molecule has 0 aromatic carbocycles. The van der Waals surface area contributed by atoms with Crippen molar-refractivity contribution in [2.24, 2.45) is 17.8 Å². The highest BCUT2D eigenvalue weighted by Gasteiger charge is 2.34. The monoisotopic (exact) mass is 335 g/mol. The van der Waals surface area contributed by atoms with E-state index in [9.17, 15) is 9.59 Å². The molecule has 0 aromatic heterocycles. The van der Waals surface area contributed by atoms with Crippen molar-refractivity contribution in [2.75, 3.05) is 26.2 Å². The Morgan fingerprint density at radius 2 is 1.58 bits per heavy atom. The fourth-order valence-corrected chi connectivity index (χ4v) is 4.56. The largest absolute Gasteiger partial charge is 0.353 e. The highest BCUT2D eigenvalue weighted by molar-refractivity contribution is 5.81. The first-order chi connectivity index (χ1) is 11.6. The molecule has 3 fully saturated rings. The molecule has 0 unspecified atom stereocenters.